The van der Waals surface area contributed by atoms with Gasteiger partial charge in [0.1, 0.15) is 18.1 Å². The van der Waals surface area contributed by atoms with Gasteiger partial charge in [0.15, 0.2) is 5.75 Å². The van der Waals surface area contributed by atoms with Gasteiger partial charge < -0.3 is 14.5 Å². The number of nitrogens with zero attached hydrogens (tertiary/aromatic N) is 2. The largest absolute Gasteiger partial charge is 0.461 e. The molecule has 0 bridgehead atoms. The Bertz CT molecular complexity index is 722. The van der Waals surface area contributed by atoms with Crippen molar-refractivity contribution in [1.82, 2.24) is 0 Å². The monoisotopic (exact) mass is 248 g/mol. The molecule has 0 N–H and O–H groups in total. The van der Waals surface area contributed by atoms with Crippen LogP contribution in [0.25, 0.3) is 0 Å². The molecule has 0 saturated heterocycles. The molecule has 5 rings (SSSR count). The summed E-state index contributed by atoms with van der Waals surface area (Å²) in [5, 5.41) is 0. The van der Waals surface area contributed by atoms with Crippen LogP contribution in [0.5, 0.6) is 5.75 Å². The molecule has 0 fully saturated rings. The van der Waals surface area contributed by atoms with Crippen molar-refractivity contribution in [3.8, 4) is 5.75 Å². The van der Waals surface area contributed by atoms with Gasteiger partial charge in [-0.2, -0.15) is 0 Å². The lowest BCUT2D eigenvalue weighted by molar-refractivity contribution is 0.467. The molecule has 3 heterocycles. The van der Waals surface area contributed by atoms with Crippen LogP contribution in [-0.4, -0.2) is 6.17 Å². The van der Waals surface area contributed by atoms with Gasteiger partial charge in [-0.1, -0.05) is 24.3 Å². The molecule has 0 aliphatic carbocycles. The van der Waals surface area contributed by atoms with Crippen LogP contribution in [0.3, 0.4) is 0 Å². The summed E-state index contributed by atoms with van der Waals surface area (Å²) in [6, 6.07) is 14.9. The van der Waals surface area contributed by atoms with Gasteiger partial charge in [0.05, 0.1) is 5.69 Å². The van der Waals surface area contributed by atoms with Crippen LogP contribution in [0.4, 0.5) is 17.1 Å². The Kier molecular flexibility index (Phi) is 1.56. The second-order valence-electron chi connectivity index (χ2n) is 5.12. The molecule has 2 aromatic rings. The Labute approximate surface area is 111 Å². The third kappa shape index (κ3) is 1.04. The van der Waals surface area contributed by atoms with E-state index in [-0.39, 0.29) is 0 Å². The third-order valence-electron chi connectivity index (χ3n) is 4.18. The summed E-state index contributed by atoms with van der Waals surface area (Å²) in [5.41, 5.74) is 5.19. The standard InChI is InChI=1S/C16H12N2O/c1-2-5-12-11(4-1)10-15-17-8-9-19-14-7-3-6-13(16(14)17)18(12)15/h1-9,15H,10H2. The normalized spacial score (nSPS) is 20.9. The molecule has 0 saturated carbocycles. The van der Waals surface area contributed by atoms with Crippen molar-refractivity contribution in [2.45, 2.75) is 12.6 Å². The van der Waals surface area contributed by atoms with Crippen molar-refractivity contribution in [1.29, 1.82) is 0 Å². The second-order valence-corrected chi connectivity index (χ2v) is 5.12. The first-order valence-electron chi connectivity index (χ1n) is 6.55. The van der Waals surface area contributed by atoms with Crippen LogP contribution in [-0.2, 0) is 6.42 Å². The van der Waals surface area contributed by atoms with Gasteiger partial charge in [0.25, 0.3) is 0 Å². The molecule has 1 unspecified atom stereocenters. The summed E-state index contributed by atoms with van der Waals surface area (Å²) < 4.78 is 5.62. The lowest BCUT2D eigenvalue weighted by atomic mass is 10.1. The maximum Gasteiger partial charge on any atom is 0.152 e. The van der Waals surface area contributed by atoms with E-state index in [1.54, 1.807) is 6.26 Å². The molecule has 0 radical (unpaired) electrons. The Hall–Kier alpha value is -2.42. The molecule has 3 heteroatoms. The van der Waals surface area contributed by atoms with Crippen LogP contribution in [0, 0.1) is 0 Å². The van der Waals surface area contributed by atoms with Gasteiger partial charge in [-0.05, 0) is 23.8 Å². The fraction of sp³-hybridized carbons (Fsp3) is 0.125. The first-order valence-corrected chi connectivity index (χ1v) is 6.55. The summed E-state index contributed by atoms with van der Waals surface area (Å²) in [4.78, 5) is 4.75. The summed E-state index contributed by atoms with van der Waals surface area (Å²) in [5.74, 6) is 0.951. The molecule has 3 aliphatic rings. The topological polar surface area (TPSA) is 15.7 Å². The van der Waals surface area contributed by atoms with Gasteiger partial charge in [-0.25, -0.2) is 0 Å². The molecule has 2 aromatic carbocycles. The van der Waals surface area contributed by atoms with Crippen LogP contribution >= 0.6 is 0 Å². The number of anilines is 3. The van der Waals surface area contributed by atoms with Gasteiger partial charge >= 0.3 is 0 Å². The maximum atomic E-state index is 5.62. The molecule has 19 heavy (non-hydrogen) atoms. The Morgan fingerprint density at radius 1 is 1.00 bits per heavy atom. The number of hydrogen-bond donors (Lipinski definition) is 0. The lowest BCUT2D eigenvalue weighted by Crippen LogP contribution is -2.36. The smallest absolute Gasteiger partial charge is 0.152 e. The van der Waals surface area contributed by atoms with E-state index >= 15 is 0 Å². The Morgan fingerprint density at radius 3 is 2.89 bits per heavy atom. The molecular formula is C16H12N2O. The number of benzene rings is 2. The van der Waals surface area contributed by atoms with E-state index in [2.05, 4.69) is 46.2 Å². The molecule has 92 valence electrons. The number of ether oxygens (including phenoxy) is 1. The highest BCUT2D eigenvalue weighted by atomic mass is 16.5. The van der Waals surface area contributed by atoms with Crippen molar-refractivity contribution >= 4 is 17.1 Å². The minimum absolute atomic E-state index is 0.355. The van der Waals surface area contributed by atoms with Crippen molar-refractivity contribution in [3.05, 3.63) is 60.5 Å². The van der Waals surface area contributed by atoms with E-state index in [9.17, 15) is 0 Å². The van der Waals surface area contributed by atoms with Crippen LogP contribution in [0.15, 0.2) is 54.9 Å². The fourth-order valence-corrected chi connectivity index (χ4v) is 3.43. The molecule has 3 aliphatic heterocycles. The van der Waals surface area contributed by atoms with Crippen LogP contribution < -0.4 is 14.5 Å². The quantitative estimate of drug-likeness (QED) is 0.710. The number of rotatable bonds is 0. The molecular weight excluding hydrogens is 236 g/mol. The average molecular weight is 248 g/mol. The van der Waals surface area contributed by atoms with Crippen molar-refractivity contribution in [2.75, 3.05) is 9.80 Å². The first-order chi connectivity index (χ1) is 9.43. The van der Waals surface area contributed by atoms with Gasteiger partial charge in [0.2, 0.25) is 0 Å². The van der Waals surface area contributed by atoms with E-state index in [0.717, 1.165) is 12.2 Å². The summed E-state index contributed by atoms with van der Waals surface area (Å²) >= 11 is 0. The fourth-order valence-electron chi connectivity index (χ4n) is 3.43. The molecule has 3 nitrogen and oxygen atoms in total. The van der Waals surface area contributed by atoms with Gasteiger partial charge in [0, 0.05) is 18.3 Å². The predicted octanol–water partition coefficient (Wildman–Crippen LogP) is 3.39. The maximum absolute atomic E-state index is 5.62. The van der Waals surface area contributed by atoms with Crippen LogP contribution in [0.2, 0.25) is 0 Å². The summed E-state index contributed by atoms with van der Waals surface area (Å²) in [7, 11) is 0. The van der Waals surface area contributed by atoms with Gasteiger partial charge in [-0.15, -0.1) is 0 Å². The van der Waals surface area contributed by atoms with Crippen molar-refractivity contribution in [2.24, 2.45) is 0 Å². The Balaban J connectivity index is 1.80. The Morgan fingerprint density at radius 2 is 1.89 bits per heavy atom. The summed E-state index contributed by atoms with van der Waals surface area (Å²) in [6.07, 6.45) is 5.23. The van der Waals surface area contributed by atoms with Crippen LogP contribution in [0.1, 0.15) is 5.56 Å². The van der Waals surface area contributed by atoms with E-state index < -0.39 is 0 Å². The SMILES string of the molecule is C1=CN2c3c(cccc3N3c4ccccc4CC23)O1. The second kappa shape index (κ2) is 3.12. The number of hydrogen-bond acceptors (Lipinski definition) is 3. The van der Waals surface area contributed by atoms with Crippen molar-refractivity contribution < 1.29 is 4.74 Å². The minimum atomic E-state index is 0.355. The third-order valence-corrected chi connectivity index (χ3v) is 4.18. The molecule has 0 spiro atoms. The number of fused-ring (bicyclic) bond motifs is 5. The van der Waals surface area contributed by atoms with Gasteiger partial charge in [-0.3, -0.25) is 0 Å². The van der Waals surface area contributed by atoms with E-state index in [1.165, 1.54) is 22.6 Å². The molecule has 0 aromatic heterocycles. The zero-order valence-electron chi connectivity index (χ0n) is 10.3. The highest BCUT2D eigenvalue weighted by molar-refractivity contribution is 5.91. The first kappa shape index (κ1) is 9.50. The molecule has 1 atom stereocenters. The van der Waals surface area contributed by atoms with E-state index in [4.69, 9.17) is 4.74 Å². The highest BCUT2D eigenvalue weighted by Gasteiger charge is 2.43. The average Bonchev–Trinajstić information content (AvgIpc) is 2.98. The number of para-hydroxylation sites is 2. The van der Waals surface area contributed by atoms with E-state index in [0.29, 0.717) is 6.17 Å². The summed E-state index contributed by atoms with van der Waals surface area (Å²) in [6.45, 7) is 0. The predicted molar refractivity (Wildman–Crippen MR) is 74.8 cm³/mol. The zero-order valence-corrected chi connectivity index (χ0v) is 10.3. The zero-order chi connectivity index (χ0) is 12.4. The lowest BCUT2D eigenvalue weighted by Gasteiger charge is -2.26. The molecule has 0 amide bonds. The highest BCUT2D eigenvalue weighted by Crippen LogP contribution is 2.54. The van der Waals surface area contributed by atoms with E-state index in [1.807, 2.05) is 12.3 Å². The minimum Gasteiger partial charge on any atom is -0.461 e. The van der Waals surface area contributed by atoms with Crippen molar-refractivity contribution in [3.63, 3.8) is 0 Å².